The summed E-state index contributed by atoms with van der Waals surface area (Å²) < 4.78 is 76.8. The molecule has 7 unspecified atom stereocenters. The van der Waals surface area contributed by atoms with Gasteiger partial charge in [-0.25, -0.2) is 4.57 Å². The minimum Gasteiger partial charge on any atom is -0.462 e. The Labute approximate surface area is 625 Å². The number of carbonyl (C=O) groups excluding carboxylic acids is 5. The van der Waals surface area contributed by atoms with Gasteiger partial charge < -0.3 is 94.7 Å². The minimum absolute atomic E-state index is 0.0739. The third-order valence-corrected chi connectivity index (χ3v) is 20.4. The Hall–Kier alpha value is -3.62. The van der Waals surface area contributed by atoms with Gasteiger partial charge in [0.15, 0.2) is 25.0 Å². The summed E-state index contributed by atoms with van der Waals surface area (Å²) in [4.78, 5) is 63.5. The molecule has 105 heavy (non-hydrogen) atoms. The molecule has 3 amide bonds. The predicted octanol–water partition coefficient (Wildman–Crippen LogP) is 9.07. The highest BCUT2D eigenvalue weighted by molar-refractivity contribution is 7.48. The number of ether oxygens (including phenoxy) is 8. The predicted molar refractivity (Wildman–Crippen MR) is 394 cm³/mol. The first-order valence-electron chi connectivity index (χ1n) is 39.8. The van der Waals surface area contributed by atoms with Crippen LogP contribution < -0.4 is 16.0 Å². The highest BCUT2D eigenvalue weighted by Crippen LogP contribution is 2.49. The number of phosphoric ester groups is 1. The van der Waals surface area contributed by atoms with Gasteiger partial charge >= 0.3 is 19.8 Å². The molecule has 0 radical (unpaired) electrons. The number of hydrogen-bond acceptors (Lipinski definition) is 25. The fourth-order valence-electron chi connectivity index (χ4n) is 12.5. The van der Waals surface area contributed by atoms with Crippen molar-refractivity contribution in [2.24, 2.45) is 0 Å². The normalized spacial score (nSPS) is 25.8. The summed E-state index contributed by atoms with van der Waals surface area (Å²) in [7, 11) is -2.85. The van der Waals surface area contributed by atoms with E-state index in [0.29, 0.717) is 38.6 Å². The number of nitrogens with one attached hydrogen (secondary N) is 3. The topological polar surface area (TPSA) is 402 Å². The summed E-state index contributed by atoms with van der Waals surface area (Å²) >= 11 is 0. The van der Waals surface area contributed by atoms with Crippen LogP contribution in [0, 0.1) is 0 Å². The lowest BCUT2D eigenvalue weighted by molar-refractivity contribution is -0.385. The van der Waals surface area contributed by atoms with E-state index in [9.17, 15) is 69.4 Å². The summed E-state index contributed by atoms with van der Waals surface area (Å²) in [5.74, 6) is -1.95. The molecule has 0 aromatic rings. The number of esters is 2. The molecule has 3 saturated heterocycles. The number of aliphatic hydroxyl groups excluding tert-OH is 8. The van der Waals surface area contributed by atoms with Crippen LogP contribution in [0.1, 0.15) is 272 Å². The van der Waals surface area contributed by atoms with Gasteiger partial charge in [0, 0.05) is 52.8 Å². The van der Waals surface area contributed by atoms with Crippen LogP contribution in [-0.2, 0) is 80.0 Å². The van der Waals surface area contributed by atoms with E-state index in [4.69, 9.17) is 51.5 Å². The first-order valence-corrected chi connectivity index (χ1v) is 41.3. The van der Waals surface area contributed by atoms with Gasteiger partial charge in [-0.2, -0.15) is 0 Å². The number of rotatable bonds is 63. The molecule has 0 aromatic heterocycles. The Morgan fingerprint density at radius 2 is 0.933 bits per heavy atom. The van der Waals surface area contributed by atoms with Crippen molar-refractivity contribution >= 4 is 37.5 Å². The first-order chi connectivity index (χ1) is 50.7. The van der Waals surface area contributed by atoms with E-state index in [1.807, 2.05) is 0 Å². The Bertz CT molecular complexity index is 2380. The van der Waals surface area contributed by atoms with Crippen LogP contribution in [0.25, 0.3) is 0 Å². The van der Waals surface area contributed by atoms with Crippen molar-refractivity contribution in [2.45, 2.75) is 370 Å². The maximum absolute atomic E-state index is 13.5. The maximum atomic E-state index is 13.5. The van der Waals surface area contributed by atoms with Gasteiger partial charge in [0.1, 0.15) is 73.7 Å². The standard InChI is InChI=1S/C76H138N3O25P/c1-6-8-10-12-14-16-18-20-22-24-26-28-30-33-37-46-63(85)96-54-58(100-64(86)47-38-34-31-29-27-25-23-21-19-17-15-13-11-9-7-2)55-98-105(93,94-5)97-51-42-36-32-35-41-48-77-61(83)44-39-40-45-62(84)78-49-43-50-95-76-73(104-75-71(92)70(91)66(87)56(3)99-75)72(68(89)60(53-81)102-76)103-74-65(79-57(4)82)69(90)67(88)59(52-80)101-74/h20-23,56,58-60,65-76,80-81,87-92H,6-19,24-55H2,1-5H3,(H,77,83)(H,78,84)(H,79,82)/b22-20+,23-21+/t56?,58-,59?,60?,65?,66-,67+,68+,69-,70+,71?,72+,73?,74+,75+,76-,105?/m1/s1. The molecule has 3 fully saturated rings. The Morgan fingerprint density at radius 3 is 1.47 bits per heavy atom. The molecule has 612 valence electrons. The molecule has 0 spiro atoms. The molecule has 17 atom stereocenters. The zero-order chi connectivity index (χ0) is 76.9. The fraction of sp³-hybridized carbons (Fsp3) is 0.882. The molecule has 0 bridgehead atoms. The lowest BCUT2D eigenvalue weighted by Gasteiger charge is -2.49. The number of aliphatic hydroxyl groups is 8. The molecule has 3 aliphatic heterocycles. The first kappa shape index (κ1) is 95.6. The third-order valence-electron chi connectivity index (χ3n) is 19.0. The van der Waals surface area contributed by atoms with Gasteiger partial charge in [0.25, 0.3) is 0 Å². The van der Waals surface area contributed by atoms with Crippen molar-refractivity contribution in [3.05, 3.63) is 24.3 Å². The second-order valence-electron chi connectivity index (χ2n) is 28.2. The third kappa shape index (κ3) is 41.8. The van der Waals surface area contributed by atoms with Crippen molar-refractivity contribution in [3.63, 3.8) is 0 Å². The summed E-state index contributed by atoms with van der Waals surface area (Å²) in [5.41, 5.74) is 0. The van der Waals surface area contributed by atoms with Crippen LogP contribution in [0.15, 0.2) is 24.3 Å². The average molecular weight is 1520 g/mol. The van der Waals surface area contributed by atoms with Gasteiger partial charge in [-0.1, -0.05) is 160 Å². The molecule has 3 rings (SSSR count). The number of hydrogen-bond donors (Lipinski definition) is 11. The number of phosphoric acid groups is 1. The smallest absolute Gasteiger partial charge is 0.462 e. The fourth-order valence-corrected chi connectivity index (χ4v) is 13.5. The van der Waals surface area contributed by atoms with Gasteiger partial charge in [-0.15, -0.1) is 0 Å². The van der Waals surface area contributed by atoms with E-state index in [-0.39, 0.29) is 76.9 Å². The second-order valence-corrected chi connectivity index (χ2v) is 29.9. The quantitative estimate of drug-likeness (QED) is 0.0117. The number of amides is 3. The van der Waals surface area contributed by atoms with Crippen LogP contribution in [0.3, 0.4) is 0 Å². The molecule has 29 heteroatoms. The molecule has 28 nitrogen and oxygen atoms in total. The highest BCUT2D eigenvalue weighted by Gasteiger charge is 2.55. The minimum atomic E-state index is -4.06. The Kier molecular flexibility index (Phi) is 53.9. The molecule has 0 saturated carbocycles. The SMILES string of the molecule is CCCCCCCC/C=C/CCCCCCCC(=O)OC[C@H](COP(=O)(OC)OCCCCCCCNC(=O)CCCCC(=O)NCCCO[C@@H]1OC(CO)[C@H](O)[C@H](O[C@@H]2OC(CO)[C@H](O)[C@H](O)C2NC(C)=O)C1O[C@@H]1OC(C)[C@@H](O)[C@H](O)C1O)OC(=O)CCCCCCC/C=C/CCCCCCCC. The second kappa shape index (κ2) is 59.2. The lowest BCUT2D eigenvalue weighted by atomic mass is 9.95. The van der Waals surface area contributed by atoms with Gasteiger partial charge in [-0.05, 0) is 103 Å². The van der Waals surface area contributed by atoms with Crippen molar-refractivity contribution in [3.8, 4) is 0 Å². The highest BCUT2D eigenvalue weighted by atomic mass is 31.2. The molecule has 0 aliphatic carbocycles. The molecule has 3 heterocycles. The van der Waals surface area contributed by atoms with Crippen LogP contribution in [0.5, 0.6) is 0 Å². The zero-order valence-electron chi connectivity index (χ0n) is 64.0. The summed E-state index contributed by atoms with van der Waals surface area (Å²) in [5, 5.41) is 93.1. The lowest BCUT2D eigenvalue weighted by Crippen LogP contribution is -2.68. The van der Waals surface area contributed by atoms with E-state index in [0.717, 1.165) is 110 Å². The zero-order valence-corrected chi connectivity index (χ0v) is 64.9. The molecular formula is C76H138N3O25P. The Morgan fingerprint density at radius 1 is 0.467 bits per heavy atom. The number of carbonyl (C=O) groups is 5. The van der Waals surface area contributed by atoms with E-state index in [1.54, 1.807) is 0 Å². The molecule has 0 aromatic carbocycles. The van der Waals surface area contributed by atoms with Crippen molar-refractivity contribution < 1.29 is 121 Å². The van der Waals surface area contributed by atoms with Crippen LogP contribution in [-0.4, -0.2) is 229 Å². The monoisotopic (exact) mass is 1520 g/mol. The largest absolute Gasteiger partial charge is 0.474 e. The molecule has 11 N–H and O–H groups in total. The average Bonchev–Trinajstić information content (AvgIpc) is 0.771. The van der Waals surface area contributed by atoms with E-state index >= 15 is 0 Å². The van der Waals surface area contributed by atoms with Gasteiger partial charge in [0.2, 0.25) is 17.7 Å². The van der Waals surface area contributed by atoms with Crippen molar-refractivity contribution in [2.75, 3.05) is 59.8 Å². The van der Waals surface area contributed by atoms with Crippen LogP contribution in [0.4, 0.5) is 0 Å². The van der Waals surface area contributed by atoms with Crippen LogP contribution >= 0.6 is 7.82 Å². The number of allylic oxidation sites excluding steroid dienone is 4. The summed E-state index contributed by atoms with van der Waals surface area (Å²) in [6.07, 6.45) is 20.9. The maximum Gasteiger partial charge on any atom is 0.474 e. The van der Waals surface area contributed by atoms with Gasteiger partial charge in [-0.3, -0.25) is 37.5 Å². The van der Waals surface area contributed by atoms with E-state index in [2.05, 4.69) is 54.1 Å². The van der Waals surface area contributed by atoms with Crippen molar-refractivity contribution in [1.29, 1.82) is 0 Å². The van der Waals surface area contributed by atoms with Gasteiger partial charge in [0.05, 0.1) is 39.1 Å². The van der Waals surface area contributed by atoms with Crippen LogP contribution in [0.2, 0.25) is 0 Å². The summed E-state index contributed by atoms with van der Waals surface area (Å²) in [6, 6.07) is -1.47. The van der Waals surface area contributed by atoms with E-state index < -0.39 is 137 Å². The molecular weight excluding hydrogens is 1390 g/mol. The number of unbranched alkanes of at least 4 members (excludes halogenated alkanes) is 27. The van der Waals surface area contributed by atoms with E-state index in [1.165, 1.54) is 91.1 Å². The summed E-state index contributed by atoms with van der Waals surface area (Å²) in [6.45, 7) is 5.35. The van der Waals surface area contributed by atoms with Crippen molar-refractivity contribution in [1.82, 2.24) is 16.0 Å². The molecule has 3 aliphatic rings. The Balaban J connectivity index is 1.36.